The molecule has 0 aliphatic rings. The van der Waals surface area contributed by atoms with Crippen molar-refractivity contribution in [2.24, 2.45) is 0 Å². The van der Waals surface area contributed by atoms with Gasteiger partial charge in [0.2, 0.25) is 0 Å². The number of nitrogens with zero attached hydrogens (tertiary/aromatic N) is 2. The zero-order valence-corrected chi connectivity index (χ0v) is 16.8. The molecule has 0 unspecified atom stereocenters. The Hall–Kier alpha value is -3.12. The quantitative estimate of drug-likeness (QED) is 0.609. The molecule has 1 aromatic heterocycles. The van der Waals surface area contributed by atoms with Gasteiger partial charge in [-0.25, -0.2) is 9.37 Å². The standard InChI is InChI=1S/C22H20ClFN2O3/c1-26(13-20(27)28)19-9-6-14(12-25-19)10-16-7-8-18(29-2)21(22(16)24)15-4-3-5-17(23)11-15/h3-9,11-12H,10,13H2,1-2H3,(H,27,28). The third-order valence-electron chi connectivity index (χ3n) is 4.48. The van der Waals surface area contributed by atoms with E-state index in [1.165, 1.54) is 12.0 Å². The van der Waals surface area contributed by atoms with E-state index in [1.54, 1.807) is 55.7 Å². The fraction of sp³-hybridized carbons (Fsp3) is 0.182. The van der Waals surface area contributed by atoms with E-state index < -0.39 is 5.97 Å². The van der Waals surface area contributed by atoms with Crippen LogP contribution in [0.25, 0.3) is 11.1 Å². The first-order valence-corrected chi connectivity index (χ1v) is 9.26. The average molecular weight is 415 g/mol. The number of halogens is 2. The predicted octanol–water partition coefficient (Wildman–Crippen LogP) is 4.66. The Morgan fingerprint density at radius 1 is 1.24 bits per heavy atom. The summed E-state index contributed by atoms with van der Waals surface area (Å²) in [5, 5.41) is 9.39. The van der Waals surface area contributed by atoms with E-state index in [-0.39, 0.29) is 12.4 Å². The molecule has 0 bridgehead atoms. The van der Waals surface area contributed by atoms with E-state index in [2.05, 4.69) is 4.98 Å². The lowest BCUT2D eigenvalue weighted by molar-refractivity contribution is -0.135. The second-order valence-electron chi connectivity index (χ2n) is 6.58. The van der Waals surface area contributed by atoms with Crippen LogP contribution in [0.3, 0.4) is 0 Å². The van der Waals surface area contributed by atoms with Crippen LogP contribution in [0.4, 0.5) is 10.2 Å². The van der Waals surface area contributed by atoms with Gasteiger partial charge in [-0.2, -0.15) is 0 Å². The molecule has 3 rings (SSSR count). The fourth-order valence-corrected chi connectivity index (χ4v) is 3.26. The Bertz CT molecular complexity index is 1030. The number of methoxy groups -OCH3 is 1. The van der Waals surface area contributed by atoms with Crippen molar-refractivity contribution in [3.63, 3.8) is 0 Å². The van der Waals surface area contributed by atoms with Crippen LogP contribution in [0.2, 0.25) is 5.02 Å². The van der Waals surface area contributed by atoms with Gasteiger partial charge in [0.15, 0.2) is 0 Å². The first-order chi connectivity index (χ1) is 13.9. The molecule has 5 nitrogen and oxygen atoms in total. The van der Waals surface area contributed by atoms with E-state index >= 15 is 4.39 Å². The molecule has 0 aliphatic carbocycles. The van der Waals surface area contributed by atoms with Crippen LogP contribution in [0.15, 0.2) is 54.7 Å². The smallest absolute Gasteiger partial charge is 0.323 e. The highest BCUT2D eigenvalue weighted by Crippen LogP contribution is 2.36. The second kappa shape index (κ2) is 8.92. The van der Waals surface area contributed by atoms with E-state index in [0.717, 1.165) is 5.56 Å². The molecule has 2 aromatic carbocycles. The van der Waals surface area contributed by atoms with Crippen LogP contribution >= 0.6 is 11.6 Å². The topological polar surface area (TPSA) is 62.7 Å². The molecular formula is C22H20ClFN2O3. The van der Waals surface area contributed by atoms with Crippen molar-refractivity contribution in [1.29, 1.82) is 0 Å². The van der Waals surface area contributed by atoms with Gasteiger partial charge in [-0.15, -0.1) is 0 Å². The van der Waals surface area contributed by atoms with Gasteiger partial charge < -0.3 is 14.7 Å². The number of anilines is 1. The number of aromatic nitrogens is 1. The number of ether oxygens (including phenoxy) is 1. The van der Waals surface area contributed by atoms with Crippen molar-refractivity contribution in [1.82, 2.24) is 4.98 Å². The van der Waals surface area contributed by atoms with Crippen LogP contribution in [-0.4, -0.2) is 36.8 Å². The Labute approximate surface area is 173 Å². The molecule has 0 saturated heterocycles. The van der Waals surface area contributed by atoms with Gasteiger partial charge in [0.25, 0.3) is 0 Å². The molecule has 0 aliphatic heterocycles. The molecule has 7 heteroatoms. The summed E-state index contributed by atoms with van der Waals surface area (Å²) >= 11 is 6.07. The van der Waals surface area contributed by atoms with Gasteiger partial charge >= 0.3 is 5.97 Å². The highest BCUT2D eigenvalue weighted by atomic mass is 35.5. The molecule has 0 amide bonds. The number of hydrogen-bond donors (Lipinski definition) is 1. The summed E-state index contributed by atoms with van der Waals surface area (Å²) in [6.45, 7) is -0.150. The van der Waals surface area contributed by atoms with Crippen LogP contribution in [0, 0.1) is 5.82 Å². The number of aliphatic carboxylic acids is 1. The molecule has 0 radical (unpaired) electrons. The summed E-state index contributed by atoms with van der Waals surface area (Å²) in [7, 11) is 3.15. The summed E-state index contributed by atoms with van der Waals surface area (Å²) in [6.07, 6.45) is 1.95. The van der Waals surface area contributed by atoms with Crippen LogP contribution in [0.5, 0.6) is 5.75 Å². The number of hydrogen-bond acceptors (Lipinski definition) is 4. The Morgan fingerprint density at radius 3 is 2.66 bits per heavy atom. The fourth-order valence-electron chi connectivity index (χ4n) is 3.07. The van der Waals surface area contributed by atoms with Crippen LogP contribution < -0.4 is 9.64 Å². The van der Waals surface area contributed by atoms with Gasteiger partial charge in [-0.05, 0) is 41.0 Å². The van der Waals surface area contributed by atoms with Gasteiger partial charge in [0, 0.05) is 24.7 Å². The van der Waals surface area contributed by atoms with Gasteiger partial charge in [0.05, 0.1) is 12.7 Å². The molecule has 150 valence electrons. The highest BCUT2D eigenvalue weighted by molar-refractivity contribution is 6.30. The maximum absolute atomic E-state index is 15.4. The number of carbonyl (C=O) groups is 1. The monoisotopic (exact) mass is 414 g/mol. The summed E-state index contributed by atoms with van der Waals surface area (Å²) in [5.41, 5.74) is 2.29. The molecule has 0 spiro atoms. The Balaban J connectivity index is 1.90. The van der Waals surface area contributed by atoms with E-state index in [0.29, 0.717) is 39.7 Å². The molecule has 0 saturated carbocycles. The third-order valence-corrected chi connectivity index (χ3v) is 4.72. The molecule has 1 heterocycles. The summed E-state index contributed by atoms with van der Waals surface area (Å²) in [5.74, 6) is -0.353. The van der Waals surface area contributed by atoms with Crippen molar-refractivity contribution in [3.05, 3.63) is 76.7 Å². The number of pyridine rings is 1. The summed E-state index contributed by atoms with van der Waals surface area (Å²) in [6, 6.07) is 13.9. The van der Waals surface area contributed by atoms with Crippen molar-refractivity contribution >= 4 is 23.4 Å². The number of likely N-dealkylation sites (N-methyl/N-ethyl adjacent to an activating group) is 1. The Kier molecular flexibility index (Phi) is 6.34. The average Bonchev–Trinajstić information content (AvgIpc) is 2.69. The van der Waals surface area contributed by atoms with E-state index in [1.807, 2.05) is 6.07 Å². The zero-order valence-electron chi connectivity index (χ0n) is 16.0. The van der Waals surface area contributed by atoms with Gasteiger partial charge in [-0.1, -0.05) is 35.9 Å². The van der Waals surface area contributed by atoms with Crippen LogP contribution in [-0.2, 0) is 11.2 Å². The molecule has 0 fully saturated rings. The third kappa shape index (κ3) is 4.84. The minimum atomic E-state index is -0.938. The summed E-state index contributed by atoms with van der Waals surface area (Å²) in [4.78, 5) is 16.6. The molecular weight excluding hydrogens is 395 g/mol. The highest BCUT2D eigenvalue weighted by Gasteiger charge is 2.17. The van der Waals surface area contributed by atoms with Gasteiger partial charge in [0.1, 0.15) is 23.9 Å². The minimum Gasteiger partial charge on any atom is -0.496 e. The molecule has 1 N–H and O–H groups in total. The maximum atomic E-state index is 15.4. The summed E-state index contributed by atoms with van der Waals surface area (Å²) < 4.78 is 20.7. The first-order valence-electron chi connectivity index (χ1n) is 8.88. The zero-order chi connectivity index (χ0) is 21.0. The largest absolute Gasteiger partial charge is 0.496 e. The van der Waals surface area contributed by atoms with Crippen molar-refractivity contribution in [2.75, 3.05) is 25.6 Å². The van der Waals surface area contributed by atoms with E-state index in [4.69, 9.17) is 21.4 Å². The van der Waals surface area contributed by atoms with Crippen molar-refractivity contribution in [2.45, 2.75) is 6.42 Å². The second-order valence-corrected chi connectivity index (χ2v) is 7.01. The minimum absolute atomic E-state index is 0.150. The number of rotatable bonds is 7. The normalized spacial score (nSPS) is 10.6. The van der Waals surface area contributed by atoms with Crippen molar-refractivity contribution < 1.29 is 19.0 Å². The molecule has 29 heavy (non-hydrogen) atoms. The number of carboxylic acids is 1. The number of benzene rings is 2. The van der Waals surface area contributed by atoms with Crippen LogP contribution in [0.1, 0.15) is 11.1 Å². The first kappa shape index (κ1) is 20.6. The van der Waals surface area contributed by atoms with E-state index in [9.17, 15) is 4.79 Å². The molecule has 3 aromatic rings. The maximum Gasteiger partial charge on any atom is 0.323 e. The lowest BCUT2D eigenvalue weighted by Crippen LogP contribution is -2.25. The Morgan fingerprint density at radius 2 is 2.03 bits per heavy atom. The predicted molar refractivity (Wildman–Crippen MR) is 111 cm³/mol. The SMILES string of the molecule is COc1ccc(Cc2ccc(N(C)CC(=O)O)nc2)c(F)c1-c1cccc(Cl)c1. The number of carboxylic acid groups (broad SMARTS) is 1. The van der Waals surface area contributed by atoms with Crippen molar-refractivity contribution in [3.8, 4) is 16.9 Å². The molecule has 0 atom stereocenters. The lowest BCUT2D eigenvalue weighted by Gasteiger charge is -2.16. The lowest BCUT2D eigenvalue weighted by atomic mass is 9.97. The van der Waals surface area contributed by atoms with Gasteiger partial charge in [-0.3, -0.25) is 4.79 Å².